The number of aromatic nitrogens is 1. The Labute approximate surface area is 172 Å². The van der Waals surface area contributed by atoms with Crippen LogP contribution in [0.1, 0.15) is 20.3 Å². The van der Waals surface area contributed by atoms with Crippen molar-refractivity contribution in [3.05, 3.63) is 77.8 Å². The fraction of sp³-hybridized carbons (Fsp3) is 0.158. The number of fused-ring (bicyclic) bond motifs is 1. The summed E-state index contributed by atoms with van der Waals surface area (Å²) >= 11 is 0. The zero-order valence-electron chi connectivity index (χ0n) is 13.7. The molecule has 122 valence electrons. The molecule has 3 aromatic rings. The van der Waals surface area contributed by atoms with Gasteiger partial charge in [-0.05, 0) is 5.30 Å². The average molecular weight is 411 g/mol. The van der Waals surface area contributed by atoms with E-state index in [2.05, 4.69) is 79.0 Å². The minimum absolute atomic E-state index is 0. The number of rotatable bonds is 1. The SMILES string of the molecule is CC1=[C-]CC=C1C.[Cl-].[Cl-].[Ti+4].c1ccc2[cH-]c(-p3ccc[nH+]3)cc2c1. The monoisotopic (exact) mass is 410 g/mol. The van der Waals surface area contributed by atoms with Crippen molar-refractivity contribution in [1.29, 1.82) is 0 Å². The van der Waals surface area contributed by atoms with Crippen molar-refractivity contribution >= 4 is 18.5 Å². The van der Waals surface area contributed by atoms with E-state index in [1.165, 1.54) is 27.2 Å². The number of hydrogen-bond acceptors (Lipinski definition) is 0. The summed E-state index contributed by atoms with van der Waals surface area (Å²) in [6, 6.07) is 15.1. The van der Waals surface area contributed by atoms with E-state index < -0.39 is 0 Å². The molecular formula is C19H19Cl2NPTi+. The van der Waals surface area contributed by atoms with Crippen LogP contribution in [0.25, 0.3) is 16.1 Å². The van der Waals surface area contributed by atoms with E-state index in [0.717, 1.165) is 6.42 Å². The molecule has 0 fully saturated rings. The molecule has 5 heteroatoms. The molecule has 1 nitrogen and oxygen atoms in total. The third-order valence-electron chi connectivity index (χ3n) is 3.79. The van der Waals surface area contributed by atoms with E-state index >= 15 is 0 Å². The van der Waals surface area contributed by atoms with Gasteiger partial charge in [0.25, 0.3) is 0 Å². The van der Waals surface area contributed by atoms with Crippen molar-refractivity contribution < 1.29 is 51.3 Å². The van der Waals surface area contributed by atoms with Crippen LogP contribution in [-0.4, -0.2) is 0 Å². The molecule has 4 rings (SSSR count). The van der Waals surface area contributed by atoms with Crippen LogP contribution >= 0.6 is 7.69 Å². The van der Waals surface area contributed by atoms with Crippen LogP contribution in [0.15, 0.2) is 71.7 Å². The van der Waals surface area contributed by atoms with Crippen LogP contribution < -0.4 is 29.6 Å². The van der Waals surface area contributed by atoms with E-state index in [1.54, 1.807) is 0 Å². The number of benzene rings is 1. The van der Waals surface area contributed by atoms with Crippen molar-refractivity contribution in [3.63, 3.8) is 0 Å². The molecule has 1 aliphatic carbocycles. The predicted octanol–water partition coefficient (Wildman–Crippen LogP) is -0.560. The Kier molecular flexibility index (Phi) is 10.7. The fourth-order valence-corrected chi connectivity index (χ4v) is 3.85. The summed E-state index contributed by atoms with van der Waals surface area (Å²) in [5.41, 5.74) is 2.71. The smallest absolute Gasteiger partial charge is 1.00 e. The molecule has 24 heavy (non-hydrogen) atoms. The Balaban J connectivity index is 0.000000463. The Morgan fingerprint density at radius 3 is 2.38 bits per heavy atom. The number of hydrogen-bond donors (Lipinski definition) is 0. The summed E-state index contributed by atoms with van der Waals surface area (Å²) in [4.78, 5) is 0. The summed E-state index contributed by atoms with van der Waals surface area (Å²) in [6.45, 7) is 4.22. The van der Waals surface area contributed by atoms with Crippen LogP contribution in [-0.2, 0) is 21.7 Å². The van der Waals surface area contributed by atoms with Gasteiger partial charge in [0.1, 0.15) is 7.69 Å². The van der Waals surface area contributed by atoms with Crippen molar-refractivity contribution in [2.24, 2.45) is 0 Å². The van der Waals surface area contributed by atoms with Gasteiger partial charge in [-0.15, -0.1) is 48.4 Å². The maximum Gasteiger partial charge on any atom is 4.00 e. The van der Waals surface area contributed by atoms with Gasteiger partial charge in [-0.2, -0.15) is 12.1 Å². The fourth-order valence-electron chi connectivity index (χ4n) is 2.38. The molecule has 0 spiro atoms. The third-order valence-corrected chi connectivity index (χ3v) is 5.50. The van der Waals surface area contributed by atoms with Crippen LogP contribution in [0.5, 0.6) is 0 Å². The molecule has 0 radical (unpaired) electrons. The molecule has 1 aromatic heterocycles. The first-order valence-corrected chi connectivity index (χ1v) is 8.60. The standard InChI is InChI=1S/C12H9NP.C7H9.2ClH.Ti/c1-2-5-11-9-12(8-10(11)4-1)14-7-3-6-13-14;1-6-4-3-5-7(6)2;;;/h1-9H;4H,3H2,1-2H3;2*1H;/q2*-1;;;+4/p-1. The second kappa shape index (κ2) is 11.0. The molecule has 1 atom stereocenters. The van der Waals surface area contributed by atoms with Crippen molar-refractivity contribution in [3.8, 4) is 5.30 Å². The van der Waals surface area contributed by atoms with Crippen LogP contribution in [0.3, 0.4) is 0 Å². The summed E-state index contributed by atoms with van der Waals surface area (Å²) < 4.78 is 3.36. The molecular weight excluding hydrogens is 392 g/mol. The molecule has 0 saturated carbocycles. The average Bonchev–Trinajstić information content (AvgIpc) is 3.21. The number of aromatic amines is 1. The summed E-state index contributed by atoms with van der Waals surface area (Å²) in [5.74, 6) is 2.24. The van der Waals surface area contributed by atoms with Gasteiger partial charge in [-0.3, -0.25) is 6.08 Å². The van der Waals surface area contributed by atoms with Crippen molar-refractivity contribution in [2.45, 2.75) is 20.3 Å². The predicted molar refractivity (Wildman–Crippen MR) is 90.9 cm³/mol. The molecule has 0 bridgehead atoms. The van der Waals surface area contributed by atoms with E-state index in [4.69, 9.17) is 0 Å². The second-order valence-corrected chi connectivity index (χ2v) is 7.06. The Hall–Kier alpha value is -0.686. The second-order valence-electron chi connectivity index (χ2n) is 5.24. The van der Waals surface area contributed by atoms with Gasteiger partial charge >= 0.3 is 21.7 Å². The van der Waals surface area contributed by atoms with E-state index in [-0.39, 0.29) is 54.2 Å². The van der Waals surface area contributed by atoms with E-state index in [0.29, 0.717) is 0 Å². The zero-order chi connectivity index (χ0) is 14.7. The summed E-state index contributed by atoms with van der Waals surface area (Å²) in [6.07, 6.45) is 8.43. The first-order valence-electron chi connectivity index (χ1n) is 7.19. The van der Waals surface area contributed by atoms with Crippen molar-refractivity contribution in [2.75, 3.05) is 0 Å². The van der Waals surface area contributed by atoms with Crippen LogP contribution in [0.4, 0.5) is 0 Å². The number of nitrogens with one attached hydrogen (secondary N) is 1. The normalized spacial score (nSPS) is 12.7. The largest absolute Gasteiger partial charge is 4.00 e. The van der Waals surface area contributed by atoms with E-state index in [9.17, 15) is 0 Å². The van der Waals surface area contributed by atoms with Crippen LogP contribution in [0, 0.1) is 6.08 Å². The topological polar surface area (TPSA) is 14.1 Å². The zero-order valence-corrected chi connectivity index (χ0v) is 17.7. The van der Waals surface area contributed by atoms with Crippen LogP contribution in [0.2, 0.25) is 0 Å². The minimum Gasteiger partial charge on any atom is -1.00 e. The van der Waals surface area contributed by atoms with Gasteiger partial charge in [-0.25, -0.2) is 15.9 Å². The third kappa shape index (κ3) is 5.69. The Morgan fingerprint density at radius 1 is 1.12 bits per heavy atom. The number of allylic oxidation sites excluding steroid dienone is 4. The van der Waals surface area contributed by atoms with Crippen molar-refractivity contribution in [1.82, 2.24) is 0 Å². The molecule has 1 unspecified atom stereocenters. The minimum atomic E-state index is -0.273. The molecule has 1 aliphatic rings. The number of H-pyrrole nitrogens is 1. The first-order chi connectivity index (χ1) is 10.2. The molecule has 0 amide bonds. The van der Waals surface area contributed by atoms with Gasteiger partial charge in [0, 0.05) is 11.9 Å². The Morgan fingerprint density at radius 2 is 1.88 bits per heavy atom. The first kappa shape index (κ1) is 23.3. The summed E-state index contributed by atoms with van der Waals surface area (Å²) in [7, 11) is -0.273. The quantitative estimate of drug-likeness (QED) is 0.377. The van der Waals surface area contributed by atoms with Gasteiger partial charge in [-0.1, -0.05) is 13.0 Å². The van der Waals surface area contributed by atoms with Gasteiger partial charge in [0.2, 0.25) is 0 Å². The summed E-state index contributed by atoms with van der Waals surface area (Å²) in [5, 5.41) is 4.09. The molecule has 2 aromatic carbocycles. The van der Waals surface area contributed by atoms with Gasteiger partial charge in [0.05, 0.1) is 0 Å². The molecule has 1 N–H and O–H groups in total. The molecule has 0 aliphatic heterocycles. The Bertz CT molecular complexity index is 755. The van der Waals surface area contributed by atoms with Gasteiger partial charge in [0.15, 0.2) is 6.20 Å². The molecule has 0 saturated heterocycles. The van der Waals surface area contributed by atoms with E-state index in [1.807, 2.05) is 6.20 Å². The van der Waals surface area contributed by atoms with Gasteiger partial charge < -0.3 is 24.8 Å². The molecule has 1 heterocycles. The maximum absolute atomic E-state index is 3.36. The number of halogens is 2. The maximum atomic E-state index is 3.36.